The van der Waals surface area contributed by atoms with Gasteiger partial charge < -0.3 is 10.3 Å². The summed E-state index contributed by atoms with van der Waals surface area (Å²) in [6.45, 7) is 3.95. The number of pyridine rings is 1. The Kier molecular flexibility index (Phi) is 3.51. The Morgan fingerprint density at radius 2 is 1.82 bits per heavy atom. The molecule has 4 nitrogen and oxygen atoms in total. The van der Waals surface area contributed by atoms with Crippen molar-refractivity contribution in [2.45, 2.75) is 13.8 Å². The van der Waals surface area contributed by atoms with E-state index in [4.69, 9.17) is 0 Å². The predicted octanol–water partition coefficient (Wildman–Crippen LogP) is 3.40. The van der Waals surface area contributed by atoms with E-state index >= 15 is 0 Å². The zero-order valence-corrected chi connectivity index (χ0v) is 12.4. The standard InChI is InChI=1S/C18H16N2O2/c1-11-7-8-15(12(2)9-11)20-18(22)14-10-17(21)19-16-6-4-3-5-13(14)16/h3-10H,1-2H3,(H,19,21)(H,20,22). The molecule has 2 aromatic carbocycles. The normalized spacial score (nSPS) is 10.6. The van der Waals surface area contributed by atoms with Gasteiger partial charge in [-0.05, 0) is 31.5 Å². The van der Waals surface area contributed by atoms with Gasteiger partial charge in [-0.3, -0.25) is 9.59 Å². The van der Waals surface area contributed by atoms with E-state index < -0.39 is 0 Å². The highest BCUT2D eigenvalue weighted by molar-refractivity contribution is 6.12. The summed E-state index contributed by atoms with van der Waals surface area (Å²) in [6, 6.07) is 14.4. The molecule has 1 amide bonds. The first-order valence-electron chi connectivity index (χ1n) is 7.05. The first-order chi connectivity index (χ1) is 10.5. The highest BCUT2D eigenvalue weighted by Crippen LogP contribution is 2.19. The lowest BCUT2D eigenvalue weighted by molar-refractivity contribution is 0.102. The fraction of sp³-hybridized carbons (Fsp3) is 0.111. The molecule has 1 heterocycles. The zero-order chi connectivity index (χ0) is 15.7. The number of fused-ring (bicyclic) bond motifs is 1. The number of hydrogen-bond acceptors (Lipinski definition) is 2. The number of aromatic amines is 1. The molecular formula is C18H16N2O2. The average molecular weight is 292 g/mol. The number of nitrogens with one attached hydrogen (secondary N) is 2. The number of carbonyl (C=O) groups excluding carboxylic acids is 1. The first-order valence-corrected chi connectivity index (χ1v) is 7.05. The van der Waals surface area contributed by atoms with Gasteiger partial charge in [-0.2, -0.15) is 0 Å². The number of amides is 1. The van der Waals surface area contributed by atoms with Gasteiger partial charge in [-0.15, -0.1) is 0 Å². The number of aryl methyl sites for hydroxylation is 2. The fourth-order valence-corrected chi connectivity index (χ4v) is 2.54. The third-order valence-electron chi connectivity index (χ3n) is 3.63. The average Bonchev–Trinajstić information content (AvgIpc) is 2.49. The topological polar surface area (TPSA) is 62.0 Å². The van der Waals surface area contributed by atoms with Crippen LogP contribution in [-0.2, 0) is 0 Å². The molecule has 0 spiro atoms. The van der Waals surface area contributed by atoms with Crippen LogP contribution >= 0.6 is 0 Å². The van der Waals surface area contributed by atoms with Crippen LogP contribution < -0.4 is 10.9 Å². The first kappa shape index (κ1) is 14.1. The Morgan fingerprint density at radius 1 is 1.05 bits per heavy atom. The van der Waals surface area contributed by atoms with Crippen LogP contribution in [0.5, 0.6) is 0 Å². The summed E-state index contributed by atoms with van der Waals surface area (Å²) in [6.07, 6.45) is 0. The number of anilines is 1. The third kappa shape index (κ3) is 2.63. The Morgan fingerprint density at radius 3 is 2.59 bits per heavy atom. The number of benzene rings is 2. The van der Waals surface area contributed by atoms with Crippen LogP contribution in [0.4, 0.5) is 5.69 Å². The number of hydrogen-bond donors (Lipinski definition) is 2. The number of H-pyrrole nitrogens is 1. The van der Waals surface area contributed by atoms with Crippen LogP contribution in [0.1, 0.15) is 21.5 Å². The highest BCUT2D eigenvalue weighted by atomic mass is 16.2. The lowest BCUT2D eigenvalue weighted by atomic mass is 10.1. The second kappa shape index (κ2) is 5.48. The van der Waals surface area contributed by atoms with Gasteiger partial charge in [0.25, 0.3) is 5.91 Å². The van der Waals surface area contributed by atoms with E-state index in [1.165, 1.54) is 6.07 Å². The molecule has 2 N–H and O–H groups in total. The van der Waals surface area contributed by atoms with Gasteiger partial charge in [0.15, 0.2) is 0 Å². The summed E-state index contributed by atoms with van der Waals surface area (Å²) in [5.74, 6) is -0.283. The van der Waals surface area contributed by atoms with Crippen LogP contribution in [-0.4, -0.2) is 10.9 Å². The second-order valence-corrected chi connectivity index (χ2v) is 5.37. The summed E-state index contributed by atoms with van der Waals surface area (Å²) in [5, 5.41) is 3.61. The molecule has 3 aromatic rings. The number of para-hydroxylation sites is 1. The van der Waals surface area contributed by atoms with Gasteiger partial charge in [0.05, 0.1) is 5.56 Å². The van der Waals surface area contributed by atoms with E-state index in [1.807, 2.05) is 50.2 Å². The minimum atomic E-state index is -0.288. The quantitative estimate of drug-likeness (QED) is 0.760. The summed E-state index contributed by atoms with van der Waals surface area (Å²) < 4.78 is 0. The molecule has 0 saturated heterocycles. The Bertz CT molecular complexity index is 926. The van der Waals surface area contributed by atoms with Crippen molar-refractivity contribution in [1.82, 2.24) is 4.98 Å². The van der Waals surface area contributed by atoms with Crippen LogP contribution in [0.25, 0.3) is 10.9 Å². The molecule has 0 fully saturated rings. The summed E-state index contributed by atoms with van der Waals surface area (Å²) in [7, 11) is 0. The van der Waals surface area contributed by atoms with Crippen molar-refractivity contribution < 1.29 is 4.79 Å². The van der Waals surface area contributed by atoms with Gasteiger partial charge in [0, 0.05) is 22.7 Å². The number of aromatic nitrogens is 1. The maximum Gasteiger partial charge on any atom is 0.256 e. The Labute approximate surface area is 127 Å². The van der Waals surface area contributed by atoms with E-state index in [9.17, 15) is 9.59 Å². The van der Waals surface area contributed by atoms with Crippen LogP contribution in [0.15, 0.2) is 53.3 Å². The van der Waals surface area contributed by atoms with Crippen molar-refractivity contribution in [1.29, 1.82) is 0 Å². The van der Waals surface area contributed by atoms with Crippen LogP contribution in [0.3, 0.4) is 0 Å². The van der Waals surface area contributed by atoms with Crippen molar-refractivity contribution in [3.63, 3.8) is 0 Å². The highest BCUT2D eigenvalue weighted by Gasteiger charge is 2.12. The second-order valence-electron chi connectivity index (χ2n) is 5.37. The number of rotatable bonds is 2. The summed E-state index contributed by atoms with van der Waals surface area (Å²) in [5.41, 5.74) is 3.61. The molecule has 0 aliphatic carbocycles. The molecule has 1 aromatic heterocycles. The molecule has 22 heavy (non-hydrogen) atoms. The maximum atomic E-state index is 12.6. The molecule has 0 aliphatic heterocycles. The summed E-state index contributed by atoms with van der Waals surface area (Å²) >= 11 is 0. The van der Waals surface area contributed by atoms with E-state index in [0.717, 1.165) is 22.2 Å². The van der Waals surface area contributed by atoms with Gasteiger partial charge in [0.2, 0.25) is 5.56 Å². The van der Waals surface area contributed by atoms with Crippen LogP contribution in [0, 0.1) is 13.8 Å². The molecule has 0 aliphatic rings. The Balaban J connectivity index is 2.04. The van der Waals surface area contributed by atoms with Gasteiger partial charge in [0.1, 0.15) is 0 Å². The molecule has 4 heteroatoms. The minimum Gasteiger partial charge on any atom is -0.322 e. The lowest BCUT2D eigenvalue weighted by Gasteiger charge is -2.10. The predicted molar refractivity (Wildman–Crippen MR) is 88.4 cm³/mol. The molecular weight excluding hydrogens is 276 g/mol. The monoisotopic (exact) mass is 292 g/mol. The zero-order valence-electron chi connectivity index (χ0n) is 12.4. The fourth-order valence-electron chi connectivity index (χ4n) is 2.54. The molecule has 0 atom stereocenters. The van der Waals surface area contributed by atoms with Gasteiger partial charge in [-0.25, -0.2) is 0 Å². The van der Waals surface area contributed by atoms with Crippen molar-refractivity contribution in [2.75, 3.05) is 5.32 Å². The number of carbonyl (C=O) groups is 1. The third-order valence-corrected chi connectivity index (χ3v) is 3.63. The molecule has 0 radical (unpaired) electrons. The summed E-state index contributed by atoms with van der Waals surface area (Å²) in [4.78, 5) is 27.0. The van der Waals surface area contributed by atoms with Gasteiger partial charge in [-0.1, -0.05) is 35.9 Å². The van der Waals surface area contributed by atoms with Crippen molar-refractivity contribution in [2.24, 2.45) is 0 Å². The molecule has 0 bridgehead atoms. The van der Waals surface area contributed by atoms with Crippen molar-refractivity contribution >= 4 is 22.5 Å². The maximum absolute atomic E-state index is 12.6. The van der Waals surface area contributed by atoms with Crippen molar-refractivity contribution in [3.05, 3.63) is 75.6 Å². The van der Waals surface area contributed by atoms with E-state index in [2.05, 4.69) is 10.3 Å². The van der Waals surface area contributed by atoms with Crippen molar-refractivity contribution in [3.8, 4) is 0 Å². The van der Waals surface area contributed by atoms with Gasteiger partial charge >= 0.3 is 0 Å². The molecule has 110 valence electrons. The van der Waals surface area contributed by atoms with E-state index in [-0.39, 0.29) is 11.5 Å². The SMILES string of the molecule is Cc1ccc(NC(=O)c2cc(=O)[nH]c3ccccc23)c(C)c1. The Hall–Kier alpha value is -2.88. The van der Waals surface area contributed by atoms with E-state index in [1.54, 1.807) is 6.07 Å². The minimum absolute atomic E-state index is 0.283. The van der Waals surface area contributed by atoms with E-state index in [0.29, 0.717) is 11.1 Å². The smallest absolute Gasteiger partial charge is 0.256 e. The largest absolute Gasteiger partial charge is 0.322 e. The lowest BCUT2D eigenvalue weighted by Crippen LogP contribution is -2.17. The van der Waals surface area contributed by atoms with Crippen LogP contribution in [0.2, 0.25) is 0 Å². The molecule has 0 saturated carbocycles. The molecule has 0 unspecified atom stereocenters. The molecule has 3 rings (SSSR count).